The van der Waals surface area contributed by atoms with Crippen molar-refractivity contribution in [3.05, 3.63) is 84.4 Å². The highest BCUT2D eigenvalue weighted by atomic mass is 31.2. The van der Waals surface area contributed by atoms with Crippen LogP contribution in [-0.2, 0) is 11.1 Å². The lowest BCUT2D eigenvalue weighted by Crippen LogP contribution is -2.61. The largest absolute Gasteiger partial charge is 0.641 e. The minimum absolute atomic E-state index is 0.0487. The van der Waals surface area contributed by atoms with Gasteiger partial charge in [-0.05, 0) is 43.7 Å². The van der Waals surface area contributed by atoms with Crippen molar-refractivity contribution < 1.29 is 9.42 Å². The quantitative estimate of drug-likeness (QED) is 0.380. The van der Waals surface area contributed by atoms with Crippen LogP contribution < -0.4 is 4.89 Å². The Morgan fingerprint density at radius 1 is 1.13 bits per heavy atom. The summed E-state index contributed by atoms with van der Waals surface area (Å²) < 4.78 is 9.00. The normalized spacial score (nSPS) is 31.5. The maximum absolute atomic E-state index is 15.1. The van der Waals surface area contributed by atoms with Gasteiger partial charge in [0.05, 0.1) is 12.1 Å². The average Bonchev–Trinajstić information content (AvgIpc) is 2.76. The molecular formula is C27H36NO2P. The molecule has 1 heterocycles. The van der Waals surface area contributed by atoms with Crippen LogP contribution in [0.4, 0.5) is 0 Å². The number of allylic oxidation sites excluding steroid dienone is 1. The Morgan fingerprint density at radius 3 is 2.42 bits per heavy atom. The molecule has 1 aliphatic heterocycles. The van der Waals surface area contributed by atoms with Crippen LogP contribution in [-0.4, -0.2) is 16.3 Å². The topological polar surface area (TPSA) is 35.5 Å². The Labute approximate surface area is 188 Å². The zero-order valence-corrected chi connectivity index (χ0v) is 20.0. The van der Waals surface area contributed by atoms with E-state index in [0.29, 0.717) is 24.8 Å². The van der Waals surface area contributed by atoms with E-state index in [2.05, 4.69) is 68.4 Å². The molecule has 2 aromatic rings. The summed E-state index contributed by atoms with van der Waals surface area (Å²) >= 11 is 0. The monoisotopic (exact) mass is 437 g/mol. The SMILES string of the molecule is C=CC[C@@H](c1ccccc1)[P+]1([O-])O[C@@H]2C[C@H](C)CC[C@H]2C(C)(C)N1Cc1ccccc1. The molecule has 1 aliphatic carbocycles. The number of hydrogen-bond donors (Lipinski definition) is 0. The van der Waals surface area contributed by atoms with Crippen LogP contribution in [0.3, 0.4) is 0 Å². The summed E-state index contributed by atoms with van der Waals surface area (Å²) in [6.07, 6.45) is 5.91. The van der Waals surface area contributed by atoms with Crippen molar-refractivity contribution >= 4 is 7.87 Å². The van der Waals surface area contributed by atoms with Gasteiger partial charge in [0.15, 0.2) is 7.87 Å². The third-order valence-electron chi connectivity index (χ3n) is 7.39. The van der Waals surface area contributed by atoms with E-state index >= 15 is 4.89 Å². The van der Waals surface area contributed by atoms with E-state index in [1.807, 2.05) is 30.3 Å². The summed E-state index contributed by atoms with van der Waals surface area (Å²) in [5.74, 6) is 0.996. The highest BCUT2D eigenvalue weighted by Crippen LogP contribution is 2.75. The van der Waals surface area contributed by atoms with Crippen molar-refractivity contribution in [1.29, 1.82) is 0 Å². The molecule has 31 heavy (non-hydrogen) atoms. The fourth-order valence-electron chi connectivity index (χ4n) is 5.65. The zero-order chi connectivity index (χ0) is 22.1. The first kappa shape index (κ1) is 22.7. The Bertz CT molecular complexity index is 871. The van der Waals surface area contributed by atoms with Crippen LogP contribution in [0.25, 0.3) is 0 Å². The summed E-state index contributed by atoms with van der Waals surface area (Å²) in [4.78, 5) is 15.1. The molecule has 2 aliphatic rings. The van der Waals surface area contributed by atoms with Gasteiger partial charge in [-0.3, -0.25) is 0 Å². The number of benzene rings is 2. The lowest BCUT2D eigenvalue weighted by molar-refractivity contribution is -0.239. The van der Waals surface area contributed by atoms with Crippen LogP contribution >= 0.6 is 7.87 Å². The Hall–Kier alpha value is -1.51. The highest BCUT2D eigenvalue weighted by Gasteiger charge is 2.61. The molecule has 0 spiro atoms. The predicted molar refractivity (Wildman–Crippen MR) is 128 cm³/mol. The predicted octanol–water partition coefficient (Wildman–Crippen LogP) is 6.54. The van der Waals surface area contributed by atoms with Gasteiger partial charge in [-0.2, -0.15) is 0 Å². The second kappa shape index (κ2) is 9.16. The number of rotatable bonds is 6. The summed E-state index contributed by atoms with van der Waals surface area (Å²) in [5, 5.41) is 0. The molecule has 166 valence electrons. The standard InChI is InChI=1S/C27H36NO2P/c1-5-12-26(23-15-10-7-11-16-23)31(29)28(20-22-13-8-6-9-14-22)27(3,4)24-18-17-21(2)19-25(24)30-31/h5-11,13-16,21,24-26H,1,12,17-20H2,2-4H3/t21-,24-,25-,26+,31?/m1/s1. The smallest absolute Gasteiger partial charge is 0.182 e. The summed E-state index contributed by atoms with van der Waals surface area (Å²) in [5.41, 5.74) is 1.81. The van der Waals surface area contributed by atoms with Gasteiger partial charge in [0.2, 0.25) is 0 Å². The van der Waals surface area contributed by atoms with Gasteiger partial charge in [-0.1, -0.05) is 80.1 Å². The molecule has 0 amide bonds. The average molecular weight is 438 g/mol. The first-order valence-corrected chi connectivity index (χ1v) is 13.3. The summed E-state index contributed by atoms with van der Waals surface area (Å²) in [6, 6.07) is 20.6. The Morgan fingerprint density at radius 2 is 1.77 bits per heavy atom. The van der Waals surface area contributed by atoms with Gasteiger partial charge >= 0.3 is 0 Å². The molecule has 0 N–H and O–H groups in total. The Kier molecular flexibility index (Phi) is 6.70. The van der Waals surface area contributed by atoms with Crippen LogP contribution in [0.15, 0.2) is 73.3 Å². The second-order valence-electron chi connectivity index (χ2n) is 9.88. The molecule has 5 atom stereocenters. The van der Waals surface area contributed by atoms with E-state index in [4.69, 9.17) is 4.52 Å². The Balaban J connectivity index is 1.80. The maximum atomic E-state index is 15.1. The van der Waals surface area contributed by atoms with E-state index in [1.165, 1.54) is 12.0 Å². The van der Waals surface area contributed by atoms with Crippen molar-refractivity contribution in [2.24, 2.45) is 11.8 Å². The fraction of sp³-hybridized carbons (Fsp3) is 0.481. The molecule has 2 aromatic carbocycles. The minimum atomic E-state index is -3.21. The minimum Gasteiger partial charge on any atom is -0.641 e. The van der Waals surface area contributed by atoms with Crippen molar-refractivity contribution in [3.8, 4) is 0 Å². The van der Waals surface area contributed by atoms with Gasteiger partial charge in [0.1, 0.15) is 11.8 Å². The van der Waals surface area contributed by atoms with Crippen LogP contribution in [0.5, 0.6) is 0 Å². The molecule has 3 nitrogen and oxygen atoms in total. The molecule has 0 radical (unpaired) electrons. The zero-order valence-electron chi connectivity index (χ0n) is 19.1. The van der Waals surface area contributed by atoms with Gasteiger partial charge in [0, 0.05) is 12.3 Å². The van der Waals surface area contributed by atoms with Gasteiger partial charge in [-0.25, -0.2) is 4.52 Å². The van der Waals surface area contributed by atoms with Crippen molar-refractivity contribution in [2.45, 2.75) is 70.3 Å². The molecule has 1 saturated carbocycles. The van der Waals surface area contributed by atoms with Crippen molar-refractivity contribution in [1.82, 2.24) is 4.67 Å². The molecule has 1 unspecified atom stereocenters. The van der Waals surface area contributed by atoms with Crippen LogP contribution in [0, 0.1) is 11.8 Å². The third kappa shape index (κ3) is 4.39. The van der Waals surface area contributed by atoms with E-state index in [-0.39, 0.29) is 17.3 Å². The molecule has 0 bridgehead atoms. The lowest BCUT2D eigenvalue weighted by atomic mass is 9.71. The molecule has 4 rings (SSSR count). The molecular weight excluding hydrogens is 401 g/mol. The van der Waals surface area contributed by atoms with Crippen molar-refractivity contribution in [3.63, 3.8) is 0 Å². The molecule has 2 fully saturated rings. The van der Waals surface area contributed by atoms with E-state index < -0.39 is 7.87 Å². The second-order valence-corrected chi connectivity index (χ2v) is 12.3. The number of nitrogens with zero attached hydrogens (tertiary/aromatic N) is 1. The van der Waals surface area contributed by atoms with Gasteiger partial charge in [-0.15, -0.1) is 11.2 Å². The van der Waals surface area contributed by atoms with E-state index in [0.717, 1.165) is 18.4 Å². The fourth-order valence-corrected chi connectivity index (χ4v) is 9.06. The number of fused-ring (bicyclic) bond motifs is 1. The molecule has 4 heteroatoms. The third-order valence-corrected chi connectivity index (χ3v) is 10.6. The van der Waals surface area contributed by atoms with Crippen molar-refractivity contribution in [2.75, 3.05) is 0 Å². The van der Waals surface area contributed by atoms with Gasteiger partial charge in [0.25, 0.3) is 0 Å². The molecule has 0 aromatic heterocycles. The first-order valence-electron chi connectivity index (χ1n) is 11.6. The summed E-state index contributed by atoms with van der Waals surface area (Å²) in [7, 11) is -3.21. The van der Waals surface area contributed by atoms with Crippen LogP contribution in [0.1, 0.15) is 63.2 Å². The highest BCUT2D eigenvalue weighted by molar-refractivity contribution is 7.62. The van der Waals surface area contributed by atoms with Gasteiger partial charge < -0.3 is 4.89 Å². The lowest BCUT2D eigenvalue weighted by Gasteiger charge is -2.60. The van der Waals surface area contributed by atoms with E-state index in [1.54, 1.807) is 0 Å². The van der Waals surface area contributed by atoms with Crippen LogP contribution in [0.2, 0.25) is 0 Å². The molecule has 1 saturated heterocycles. The maximum Gasteiger partial charge on any atom is 0.182 e. The number of hydrogen-bond acceptors (Lipinski definition) is 3. The van der Waals surface area contributed by atoms with E-state index in [9.17, 15) is 0 Å². The first-order chi connectivity index (χ1) is 14.9. The summed E-state index contributed by atoms with van der Waals surface area (Å²) in [6.45, 7) is 11.5.